The fourth-order valence-corrected chi connectivity index (χ4v) is 3.29. The van der Waals surface area contributed by atoms with Crippen LogP contribution in [-0.2, 0) is 11.3 Å². The normalized spacial score (nSPS) is 11.8. The van der Waals surface area contributed by atoms with Crippen molar-refractivity contribution in [3.05, 3.63) is 72.3 Å². The Labute approximate surface area is 167 Å². The van der Waals surface area contributed by atoms with Gasteiger partial charge in [-0.3, -0.25) is 4.79 Å². The third-order valence-corrected chi connectivity index (χ3v) is 4.95. The van der Waals surface area contributed by atoms with Crippen LogP contribution in [0.15, 0.2) is 66.7 Å². The number of rotatable bonds is 8. The van der Waals surface area contributed by atoms with Crippen molar-refractivity contribution in [3.8, 4) is 5.75 Å². The van der Waals surface area contributed by atoms with Crippen LogP contribution in [-0.4, -0.2) is 25.1 Å². The summed E-state index contributed by atoms with van der Waals surface area (Å²) < 4.78 is 5.94. The maximum absolute atomic E-state index is 12.5. The number of nitrogens with zero attached hydrogens (tertiary/aromatic N) is 1. The molecule has 4 nitrogen and oxygen atoms in total. The third-order valence-electron chi connectivity index (χ3n) is 4.95. The van der Waals surface area contributed by atoms with Crippen LogP contribution in [0.4, 0.5) is 5.69 Å². The van der Waals surface area contributed by atoms with Gasteiger partial charge in [0.2, 0.25) is 0 Å². The second kappa shape index (κ2) is 9.27. The fourth-order valence-electron chi connectivity index (χ4n) is 3.29. The third kappa shape index (κ3) is 4.63. The number of anilines is 1. The molecule has 28 heavy (non-hydrogen) atoms. The highest BCUT2D eigenvalue weighted by atomic mass is 16.5. The van der Waals surface area contributed by atoms with E-state index in [1.54, 1.807) is 6.92 Å². The zero-order valence-electron chi connectivity index (χ0n) is 16.8. The van der Waals surface area contributed by atoms with Gasteiger partial charge in [0.1, 0.15) is 5.75 Å². The minimum atomic E-state index is -0.569. The Morgan fingerprint density at radius 2 is 1.64 bits per heavy atom. The van der Waals surface area contributed by atoms with Crippen molar-refractivity contribution in [2.75, 3.05) is 18.0 Å². The maximum atomic E-state index is 12.5. The molecule has 0 saturated carbocycles. The molecule has 0 aliphatic carbocycles. The number of hydrogen-bond acceptors (Lipinski definition) is 3. The summed E-state index contributed by atoms with van der Waals surface area (Å²) in [4.78, 5) is 14.8. The van der Waals surface area contributed by atoms with Crippen LogP contribution in [0.5, 0.6) is 5.75 Å². The molecule has 0 heterocycles. The molecule has 0 aromatic heterocycles. The summed E-state index contributed by atoms with van der Waals surface area (Å²) in [7, 11) is 0. The fraction of sp³-hybridized carbons (Fsp3) is 0.292. The first-order chi connectivity index (χ1) is 13.6. The van der Waals surface area contributed by atoms with E-state index in [0.29, 0.717) is 6.54 Å². The van der Waals surface area contributed by atoms with Gasteiger partial charge in [0, 0.05) is 30.7 Å². The lowest BCUT2D eigenvalue weighted by atomic mass is 10.1. The zero-order valence-corrected chi connectivity index (χ0v) is 16.8. The van der Waals surface area contributed by atoms with Crippen molar-refractivity contribution in [1.29, 1.82) is 0 Å². The van der Waals surface area contributed by atoms with Crippen LogP contribution in [0, 0.1) is 0 Å². The average molecular weight is 377 g/mol. The van der Waals surface area contributed by atoms with Crippen LogP contribution in [0.2, 0.25) is 0 Å². The lowest BCUT2D eigenvalue weighted by Gasteiger charge is -2.21. The monoisotopic (exact) mass is 376 g/mol. The zero-order chi connectivity index (χ0) is 19.9. The lowest BCUT2D eigenvalue weighted by molar-refractivity contribution is -0.127. The minimum Gasteiger partial charge on any atom is -0.480 e. The predicted octanol–water partition coefficient (Wildman–Crippen LogP) is 4.77. The van der Waals surface area contributed by atoms with Gasteiger partial charge in [-0.2, -0.15) is 0 Å². The molecule has 3 rings (SSSR count). The molecule has 1 N–H and O–H groups in total. The Kier molecular flexibility index (Phi) is 6.53. The molecule has 0 spiro atoms. The van der Waals surface area contributed by atoms with Crippen molar-refractivity contribution >= 4 is 22.4 Å². The molecule has 146 valence electrons. The standard InChI is InChI=1S/C24H28N2O2/c1-4-26(5-2)21-15-13-19(14-16-21)17-25-24(27)18(3)28-23-12-8-10-20-9-6-7-11-22(20)23/h6-16,18H,4-5,17H2,1-3H3,(H,25,27). The highest BCUT2D eigenvalue weighted by molar-refractivity contribution is 5.89. The van der Waals surface area contributed by atoms with E-state index >= 15 is 0 Å². The van der Waals surface area contributed by atoms with E-state index in [0.717, 1.165) is 35.2 Å². The first-order valence-electron chi connectivity index (χ1n) is 9.88. The molecule has 0 aliphatic rings. The van der Waals surface area contributed by atoms with Gasteiger partial charge in [0.05, 0.1) is 0 Å². The quantitative estimate of drug-likeness (QED) is 0.616. The topological polar surface area (TPSA) is 41.6 Å². The Hall–Kier alpha value is -3.01. The van der Waals surface area contributed by atoms with Crippen molar-refractivity contribution in [1.82, 2.24) is 5.32 Å². The molecule has 0 radical (unpaired) electrons. The number of benzene rings is 3. The van der Waals surface area contributed by atoms with E-state index in [2.05, 4.69) is 48.3 Å². The Morgan fingerprint density at radius 3 is 2.36 bits per heavy atom. The number of hydrogen-bond donors (Lipinski definition) is 1. The Bertz CT molecular complexity index is 912. The van der Waals surface area contributed by atoms with Gasteiger partial charge in [-0.15, -0.1) is 0 Å². The first kappa shape index (κ1) is 19.7. The van der Waals surface area contributed by atoms with Gasteiger partial charge >= 0.3 is 0 Å². The summed E-state index contributed by atoms with van der Waals surface area (Å²) in [6.45, 7) is 8.52. The van der Waals surface area contributed by atoms with E-state index in [1.165, 1.54) is 5.69 Å². The van der Waals surface area contributed by atoms with Crippen LogP contribution in [0.25, 0.3) is 10.8 Å². The molecule has 1 amide bonds. The van der Waals surface area contributed by atoms with Crippen molar-refractivity contribution in [3.63, 3.8) is 0 Å². The van der Waals surface area contributed by atoms with Gasteiger partial charge < -0.3 is 15.0 Å². The van der Waals surface area contributed by atoms with E-state index < -0.39 is 6.10 Å². The molecule has 1 unspecified atom stereocenters. The second-order valence-electron chi connectivity index (χ2n) is 6.79. The second-order valence-corrected chi connectivity index (χ2v) is 6.79. The number of ether oxygens (including phenoxy) is 1. The largest absolute Gasteiger partial charge is 0.480 e. The van der Waals surface area contributed by atoms with Gasteiger partial charge in [0.15, 0.2) is 6.10 Å². The molecule has 3 aromatic carbocycles. The summed E-state index contributed by atoms with van der Waals surface area (Å²) >= 11 is 0. The number of nitrogens with one attached hydrogen (secondary N) is 1. The smallest absolute Gasteiger partial charge is 0.261 e. The summed E-state index contributed by atoms with van der Waals surface area (Å²) in [5.41, 5.74) is 2.27. The van der Waals surface area contributed by atoms with Crippen LogP contribution < -0.4 is 15.0 Å². The van der Waals surface area contributed by atoms with Gasteiger partial charge in [0.25, 0.3) is 5.91 Å². The van der Waals surface area contributed by atoms with Crippen LogP contribution >= 0.6 is 0 Å². The highest BCUT2D eigenvalue weighted by Crippen LogP contribution is 2.26. The van der Waals surface area contributed by atoms with Crippen molar-refractivity contribution < 1.29 is 9.53 Å². The first-order valence-corrected chi connectivity index (χ1v) is 9.88. The minimum absolute atomic E-state index is 0.124. The van der Waals surface area contributed by atoms with Gasteiger partial charge in [-0.05, 0) is 49.9 Å². The SMILES string of the molecule is CCN(CC)c1ccc(CNC(=O)C(C)Oc2cccc3ccccc23)cc1. The summed E-state index contributed by atoms with van der Waals surface area (Å²) in [6.07, 6.45) is -0.569. The molecule has 4 heteroatoms. The molecule has 0 aliphatic heterocycles. The molecular weight excluding hydrogens is 348 g/mol. The maximum Gasteiger partial charge on any atom is 0.261 e. The van der Waals surface area contributed by atoms with Crippen LogP contribution in [0.1, 0.15) is 26.3 Å². The molecule has 3 aromatic rings. The van der Waals surface area contributed by atoms with Gasteiger partial charge in [-0.1, -0.05) is 48.5 Å². The summed E-state index contributed by atoms with van der Waals surface area (Å²) in [5.74, 6) is 0.602. The Balaban J connectivity index is 1.58. The predicted molar refractivity (Wildman–Crippen MR) is 116 cm³/mol. The Morgan fingerprint density at radius 1 is 0.964 bits per heavy atom. The molecular formula is C24H28N2O2. The highest BCUT2D eigenvalue weighted by Gasteiger charge is 2.15. The van der Waals surface area contributed by atoms with E-state index in [-0.39, 0.29) is 5.91 Å². The van der Waals surface area contributed by atoms with E-state index in [9.17, 15) is 4.79 Å². The number of carbonyl (C=O) groups is 1. The average Bonchev–Trinajstić information content (AvgIpc) is 2.74. The molecule has 0 saturated heterocycles. The van der Waals surface area contributed by atoms with Gasteiger partial charge in [-0.25, -0.2) is 0 Å². The van der Waals surface area contributed by atoms with E-state index in [1.807, 2.05) is 42.5 Å². The molecule has 1 atom stereocenters. The number of amides is 1. The summed E-state index contributed by atoms with van der Waals surface area (Å²) in [5, 5.41) is 5.07. The number of carbonyl (C=O) groups excluding carboxylic acids is 1. The van der Waals surface area contributed by atoms with Crippen molar-refractivity contribution in [2.45, 2.75) is 33.4 Å². The lowest BCUT2D eigenvalue weighted by Crippen LogP contribution is -2.35. The summed E-state index contributed by atoms with van der Waals surface area (Å²) in [6, 6.07) is 22.2. The van der Waals surface area contributed by atoms with E-state index in [4.69, 9.17) is 4.74 Å². The van der Waals surface area contributed by atoms with Crippen LogP contribution in [0.3, 0.4) is 0 Å². The molecule has 0 bridgehead atoms. The number of fused-ring (bicyclic) bond motifs is 1. The van der Waals surface area contributed by atoms with Crippen molar-refractivity contribution in [2.24, 2.45) is 0 Å². The molecule has 0 fully saturated rings.